The summed E-state index contributed by atoms with van der Waals surface area (Å²) in [6.45, 7) is 5.89. The lowest BCUT2D eigenvalue weighted by Gasteiger charge is -2.34. The number of benzene rings is 2. The van der Waals surface area contributed by atoms with Gasteiger partial charge in [-0.15, -0.1) is 0 Å². The number of fused-ring (bicyclic) bond motifs is 1. The fourth-order valence-corrected chi connectivity index (χ4v) is 3.71. The van der Waals surface area contributed by atoms with Crippen LogP contribution in [0.2, 0.25) is 0 Å². The first-order chi connectivity index (χ1) is 14.0. The molecule has 150 valence electrons. The summed E-state index contributed by atoms with van der Waals surface area (Å²) in [5.74, 6) is 0.955. The van der Waals surface area contributed by atoms with Crippen LogP contribution >= 0.6 is 0 Å². The first-order valence-electron chi connectivity index (χ1n) is 9.70. The van der Waals surface area contributed by atoms with E-state index in [9.17, 15) is 9.59 Å². The van der Waals surface area contributed by atoms with Crippen LogP contribution in [0.1, 0.15) is 32.0 Å². The Bertz CT molecular complexity index is 1060. The van der Waals surface area contributed by atoms with Crippen LogP contribution in [0.25, 0.3) is 11.0 Å². The van der Waals surface area contributed by atoms with E-state index < -0.39 is 0 Å². The number of hydrogen-bond acceptors (Lipinski definition) is 4. The van der Waals surface area contributed by atoms with Gasteiger partial charge in [-0.2, -0.15) is 0 Å². The molecule has 2 amide bonds. The van der Waals surface area contributed by atoms with Crippen molar-refractivity contribution in [1.29, 1.82) is 0 Å². The molecule has 3 aromatic rings. The lowest BCUT2D eigenvalue weighted by atomic mass is 10.1. The largest absolute Gasteiger partial charge is 0.497 e. The number of aryl methyl sites for hydroxylation is 2. The minimum absolute atomic E-state index is 0.0323. The van der Waals surface area contributed by atoms with Crippen LogP contribution in [0, 0.1) is 13.8 Å². The van der Waals surface area contributed by atoms with E-state index in [1.165, 1.54) is 0 Å². The summed E-state index contributed by atoms with van der Waals surface area (Å²) in [5.41, 5.74) is 3.34. The summed E-state index contributed by atoms with van der Waals surface area (Å²) >= 11 is 0. The lowest BCUT2D eigenvalue weighted by Crippen LogP contribution is -2.50. The molecule has 2 aromatic carbocycles. The third-order valence-electron chi connectivity index (χ3n) is 5.48. The second-order valence-electron chi connectivity index (χ2n) is 7.37. The molecule has 0 aliphatic carbocycles. The molecule has 0 bridgehead atoms. The number of methoxy groups -OCH3 is 1. The predicted molar refractivity (Wildman–Crippen MR) is 110 cm³/mol. The maximum absolute atomic E-state index is 13.0. The summed E-state index contributed by atoms with van der Waals surface area (Å²) in [7, 11) is 1.60. The van der Waals surface area contributed by atoms with Crippen LogP contribution in [0.5, 0.6) is 5.75 Å². The van der Waals surface area contributed by atoms with Crippen LogP contribution in [-0.4, -0.2) is 54.9 Å². The summed E-state index contributed by atoms with van der Waals surface area (Å²) in [6, 6.07) is 13.0. The Morgan fingerprint density at radius 1 is 0.897 bits per heavy atom. The van der Waals surface area contributed by atoms with E-state index in [1.807, 2.05) is 32.0 Å². The van der Waals surface area contributed by atoms with Crippen LogP contribution < -0.4 is 4.74 Å². The van der Waals surface area contributed by atoms with Crippen molar-refractivity contribution in [2.75, 3.05) is 33.3 Å². The SMILES string of the molecule is COc1ccc(C(=O)N2CCN(C(=O)c3oc4ccc(C)cc4c3C)CC2)cc1. The number of amides is 2. The van der Waals surface area contributed by atoms with Gasteiger partial charge in [0.25, 0.3) is 11.8 Å². The van der Waals surface area contributed by atoms with E-state index in [4.69, 9.17) is 9.15 Å². The van der Waals surface area contributed by atoms with E-state index in [0.717, 1.165) is 22.1 Å². The van der Waals surface area contributed by atoms with Gasteiger partial charge in [-0.1, -0.05) is 11.6 Å². The van der Waals surface area contributed by atoms with Gasteiger partial charge in [0.2, 0.25) is 0 Å². The molecular weight excluding hydrogens is 368 g/mol. The smallest absolute Gasteiger partial charge is 0.290 e. The number of furan rings is 1. The minimum atomic E-state index is -0.118. The normalized spacial score (nSPS) is 14.3. The Morgan fingerprint density at radius 3 is 2.14 bits per heavy atom. The highest BCUT2D eigenvalue weighted by molar-refractivity contribution is 5.99. The maximum Gasteiger partial charge on any atom is 0.290 e. The molecule has 6 nitrogen and oxygen atoms in total. The van der Waals surface area contributed by atoms with Crippen LogP contribution in [0.4, 0.5) is 0 Å². The Balaban J connectivity index is 1.44. The van der Waals surface area contributed by atoms with Gasteiger partial charge in [0.1, 0.15) is 11.3 Å². The minimum Gasteiger partial charge on any atom is -0.497 e. The highest BCUT2D eigenvalue weighted by Crippen LogP contribution is 2.27. The number of hydrogen-bond donors (Lipinski definition) is 0. The molecule has 2 heterocycles. The van der Waals surface area contributed by atoms with Crippen molar-refractivity contribution in [3.8, 4) is 5.75 Å². The fraction of sp³-hybridized carbons (Fsp3) is 0.304. The molecule has 1 saturated heterocycles. The molecule has 1 aliphatic heterocycles. The molecule has 0 saturated carbocycles. The van der Waals surface area contributed by atoms with E-state index in [0.29, 0.717) is 43.3 Å². The molecule has 1 fully saturated rings. The molecule has 1 aliphatic rings. The molecule has 29 heavy (non-hydrogen) atoms. The second-order valence-corrected chi connectivity index (χ2v) is 7.37. The van der Waals surface area contributed by atoms with Crippen LogP contribution in [0.15, 0.2) is 46.9 Å². The molecule has 0 atom stereocenters. The Labute approximate surface area is 169 Å². The first-order valence-corrected chi connectivity index (χ1v) is 9.70. The predicted octanol–water partition coefficient (Wildman–Crippen LogP) is 3.66. The van der Waals surface area contributed by atoms with Crippen molar-refractivity contribution in [1.82, 2.24) is 9.80 Å². The molecule has 1 aromatic heterocycles. The van der Waals surface area contributed by atoms with Gasteiger partial charge in [0.05, 0.1) is 7.11 Å². The summed E-state index contributed by atoms with van der Waals surface area (Å²) in [6.07, 6.45) is 0. The zero-order chi connectivity index (χ0) is 20.5. The van der Waals surface area contributed by atoms with Crippen molar-refractivity contribution in [2.45, 2.75) is 13.8 Å². The van der Waals surface area contributed by atoms with Gasteiger partial charge in [0.15, 0.2) is 5.76 Å². The van der Waals surface area contributed by atoms with Crippen LogP contribution in [-0.2, 0) is 0 Å². The summed E-state index contributed by atoms with van der Waals surface area (Å²) in [4.78, 5) is 29.3. The van der Waals surface area contributed by atoms with E-state index >= 15 is 0 Å². The second kappa shape index (κ2) is 7.62. The number of rotatable bonds is 3. The van der Waals surface area contributed by atoms with Gasteiger partial charge < -0.3 is 19.0 Å². The lowest BCUT2D eigenvalue weighted by molar-refractivity contribution is 0.0519. The Hall–Kier alpha value is -3.28. The Kier molecular flexibility index (Phi) is 5.01. The zero-order valence-electron chi connectivity index (χ0n) is 16.9. The topological polar surface area (TPSA) is 63.0 Å². The summed E-state index contributed by atoms with van der Waals surface area (Å²) in [5, 5.41) is 0.974. The molecule has 0 radical (unpaired) electrons. The highest BCUT2D eigenvalue weighted by atomic mass is 16.5. The van der Waals surface area contributed by atoms with Gasteiger partial charge >= 0.3 is 0 Å². The number of piperazine rings is 1. The average Bonchev–Trinajstić information content (AvgIpc) is 3.08. The summed E-state index contributed by atoms with van der Waals surface area (Å²) < 4.78 is 11.0. The highest BCUT2D eigenvalue weighted by Gasteiger charge is 2.28. The van der Waals surface area contributed by atoms with Crippen molar-refractivity contribution < 1.29 is 18.7 Å². The van der Waals surface area contributed by atoms with E-state index in [1.54, 1.807) is 41.2 Å². The average molecular weight is 392 g/mol. The van der Waals surface area contributed by atoms with Crippen molar-refractivity contribution in [2.24, 2.45) is 0 Å². The van der Waals surface area contributed by atoms with E-state index in [-0.39, 0.29) is 11.8 Å². The number of carbonyl (C=O) groups excluding carboxylic acids is 2. The molecule has 0 spiro atoms. The monoisotopic (exact) mass is 392 g/mol. The molecular formula is C23H24N2O4. The fourth-order valence-electron chi connectivity index (χ4n) is 3.71. The number of nitrogens with zero attached hydrogens (tertiary/aromatic N) is 2. The maximum atomic E-state index is 13.0. The first kappa shape index (κ1) is 19.1. The third-order valence-corrected chi connectivity index (χ3v) is 5.48. The molecule has 6 heteroatoms. The molecule has 4 rings (SSSR count). The van der Waals surface area contributed by atoms with Crippen molar-refractivity contribution in [3.63, 3.8) is 0 Å². The van der Waals surface area contributed by atoms with Crippen LogP contribution in [0.3, 0.4) is 0 Å². The van der Waals surface area contributed by atoms with Gasteiger partial charge in [-0.3, -0.25) is 9.59 Å². The molecule has 0 unspecified atom stereocenters. The van der Waals surface area contributed by atoms with E-state index in [2.05, 4.69) is 0 Å². The van der Waals surface area contributed by atoms with Gasteiger partial charge in [0, 0.05) is 42.7 Å². The quantitative estimate of drug-likeness (QED) is 0.683. The number of ether oxygens (including phenoxy) is 1. The molecule has 0 N–H and O–H groups in total. The third kappa shape index (κ3) is 3.58. The van der Waals surface area contributed by atoms with Gasteiger partial charge in [-0.05, 0) is 50.2 Å². The Morgan fingerprint density at radius 2 is 1.52 bits per heavy atom. The zero-order valence-corrected chi connectivity index (χ0v) is 16.9. The van der Waals surface area contributed by atoms with Crippen molar-refractivity contribution >= 4 is 22.8 Å². The standard InChI is InChI=1S/C23H24N2O4/c1-15-4-9-20-19(14-15)16(2)21(29-20)23(27)25-12-10-24(11-13-25)22(26)17-5-7-18(28-3)8-6-17/h4-9,14H,10-13H2,1-3H3. The van der Waals surface area contributed by atoms with Crippen molar-refractivity contribution in [3.05, 3.63) is 64.9 Å². The van der Waals surface area contributed by atoms with Gasteiger partial charge in [-0.25, -0.2) is 0 Å². The number of carbonyl (C=O) groups is 2.